The molecular weight excluding hydrogens is 202 g/mol. The molecule has 0 amide bonds. The van der Waals surface area contributed by atoms with Crippen LogP contribution < -0.4 is 0 Å². The van der Waals surface area contributed by atoms with Crippen LogP contribution in [0.15, 0.2) is 23.2 Å². The third-order valence-electron chi connectivity index (χ3n) is 2.41. The topological polar surface area (TPSA) is 12.9 Å². The Morgan fingerprint density at radius 1 is 1.46 bits per heavy atom. The van der Waals surface area contributed by atoms with E-state index in [0.717, 1.165) is 5.92 Å². The van der Waals surface area contributed by atoms with Crippen LogP contribution in [0, 0.1) is 5.92 Å². The first kappa shape index (κ1) is 9.35. The highest BCUT2D eigenvalue weighted by molar-refractivity contribution is 7.99. The highest BCUT2D eigenvalue weighted by atomic mass is 35.5. The van der Waals surface area contributed by atoms with Crippen molar-refractivity contribution in [1.82, 2.24) is 4.98 Å². The van der Waals surface area contributed by atoms with Gasteiger partial charge in [-0.15, -0.1) is 11.8 Å². The maximum Gasteiger partial charge on any atom is 0.129 e. The van der Waals surface area contributed by atoms with Crippen molar-refractivity contribution in [2.45, 2.75) is 24.2 Å². The molecule has 0 aromatic carbocycles. The molecule has 1 aliphatic rings. The average Bonchev–Trinajstić information content (AvgIpc) is 2.05. The Morgan fingerprint density at radius 2 is 2.31 bits per heavy atom. The SMILES string of the molecule is Clc1ccc(SCC2CCC2)cn1. The van der Waals surface area contributed by atoms with Crippen LogP contribution in [0.4, 0.5) is 0 Å². The minimum Gasteiger partial charge on any atom is -0.243 e. The second-order valence-corrected chi connectivity index (χ2v) is 4.91. The van der Waals surface area contributed by atoms with E-state index < -0.39 is 0 Å². The molecule has 1 fully saturated rings. The molecule has 0 saturated heterocycles. The van der Waals surface area contributed by atoms with Gasteiger partial charge in [0.25, 0.3) is 0 Å². The van der Waals surface area contributed by atoms with E-state index in [1.165, 1.54) is 29.9 Å². The van der Waals surface area contributed by atoms with Crippen LogP contribution in [0.1, 0.15) is 19.3 Å². The molecule has 0 aliphatic heterocycles. The van der Waals surface area contributed by atoms with Gasteiger partial charge >= 0.3 is 0 Å². The van der Waals surface area contributed by atoms with E-state index in [4.69, 9.17) is 11.6 Å². The fraction of sp³-hybridized carbons (Fsp3) is 0.500. The summed E-state index contributed by atoms with van der Waals surface area (Å²) in [5.74, 6) is 2.18. The third kappa shape index (κ3) is 2.61. The molecule has 0 N–H and O–H groups in total. The minimum atomic E-state index is 0.577. The first-order valence-corrected chi connectivity index (χ1v) is 5.95. The Balaban J connectivity index is 1.83. The maximum absolute atomic E-state index is 5.69. The van der Waals surface area contributed by atoms with Gasteiger partial charge < -0.3 is 0 Å². The molecule has 1 aliphatic carbocycles. The lowest BCUT2D eigenvalue weighted by atomic mass is 9.87. The number of hydrogen-bond acceptors (Lipinski definition) is 2. The van der Waals surface area contributed by atoms with E-state index in [0.29, 0.717) is 5.15 Å². The standard InChI is InChI=1S/C10H12ClNS/c11-10-5-4-9(6-12-10)13-7-8-2-1-3-8/h4-6,8H,1-3,7H2. The van der Waals surface area contributed by atoms with Crippen LogP contribution in [0.2, 0.25) is 5.15 Å². The van der Waals surface area contributed by atoms with Gasteiger partial charge in [-0.25, -0.2) is 4.98 Å². The zero-order valence-corrected chi connectivity index (χ0v) is 8.94. The van der Waals surface area contributed by atoms with E-state index >= 15 is 0 Å². The molecule has 1 saturated carbocycles. The number of halogens is 1. The molecule has 70 valence electrons. The van der Waals surface area contributed by atoms with Crippen LogP contribution in [0.5, 0.6) is 0 Å². The third-order valence-corrected chi connectivity index (χ3v) is 3.85. The van der Waals surface area contributed by atoms with Crippen LogP contribution in [-0.4, -0.2) is 10.7 Å². The molecule has 13 heavy (non-hydrogen) atoms. The fourth-order valence-electron chi connectivity index (χ4n) is 1.32. The predicted octanol–water partition coefficient (Wildman–Crippen LogP) is 3.63. The average molecular weight is 214 g/mol. The summed E-state index contributed by atoms with van der Waals surface area (Å²) in [5, 5.41) is 0.577. The number of nitrogens with zero attached hydrogens (tertiary/aromatic N) is 1. The van der Waals surface area contributed by atoms with Crippen molar-refractivity contribution in [3.8, 4) is 0 Å². The fourth-order valence-corrected chi connectivity index (χ4v) is 2.49. The van der Waals surface area contributed by atoms with Gasteiger partial charge in [-0.1, -0.05) is 18.0 Å². The monoisotopic (exact) mass is 213 g/mol. The highest BCUT2D eigenvalue weighted by Crippen LogP contribution is 2.32. The maximum atomic E-state index is 5.69. The number of hydrogen-bond donors (Lipinski definition) is 0. The molecule has 0 bridgehead atoms. The molecule has 1 nitrogen and oxygen atoms in total. The second kappa shape index (κ2) is 4.34. The Hall–Kier alpha value is -0.210. The van der Waals surface area contributed by atoms with E-state index in [1.54, 1.807) is 0 Å². The van der Waals surface area contributed by atoms with Crippen molar-refractivity contribution in [1.29, 1.82) is 0 Å². The number of aromatic nitrogens is 1. The zero-order valence-electron chi connectivity index (χ0n) is 7.37. The first-order chi connectivity index (χ1) is 6.34. The van der Waals surface area contributed by atoms with Crippen LogP contribution in [0.25, 0.3) is 0 Å². The summed E-state index contributed by atoms with van der Waals surface area (Å²) in [6.45, 7) is 0. The highest BCUT2D eigenvalue weighted by Gasteiger charge is 2.17. The lowest BCUT2D eigenvalue weighted by Crippen LogP contribution is -2.13. The van der Waals surface area contributed by atoms with E-state index in [9.17, 15) is 0 Å². The van der Waals surface area contributed by atoms with Gasteiger partial charge in [0.1, 0.15) is 5.15 Å². The van der Waals surface area contributed by atoms with Crippen molar-refractivity contribution in [3.63, 3.8) is 0 Å². The van der Waals surface area contributed by atoms with Gasteiger partial charge in [-0.05, 0) is 30.9 Å². The van der Waals surface area contributed by atoms with E-state index in [-0.39, 0.29) is 0 Å². The number of pyridine rings is 1. The van der Waals surface area contributed by atoms with Crippen molar-refractivity contribution in [2.24, 2.45) is 5.92 Å². The molecule has 0 atom stereocenters. The van der Waals surface area contributed by atoms with Gasteiger partial charge in [-0.3, -0.25) is 0 Å². The van der Waals surface area contributed by atoms with Crippen molar-refractivity contribution < 1.29 is 0 Å². The molecule has 1 aromatic heterocycles. The van der Waals surface area contributed by atoms with E-state index in [1.807, 2.05) is 30.1 Å². The summed E-state index contributed by atoms with van der Waals surface area (Å²) in [7, 11) is 0. The van der Waals surface area contributed by atoms with Gasteiger partial charge in [0.15, 0.2) is 0 Å². The summed E-state index contributed by atoms with van der Waals surface area (Å²) < 4.78 is 0. The second-order valence-electron chi connectivity index (χ2n) is 3.42. The van der Waals surface area contributed by atoms with E-state index in [2.05, 4.69) is 4.98 Å². The first-order valence-electron chi connectivity index (χ1n) is 4.59. The zero-order chi connectivity index (χ0) is 9.10. The van der Waals surface area contributed by atoms with Crippen LogP contribution in [-0.2, 0) is 0 Å². The molecular formula is C10H12ClNS. The summed E-state index contributed by atoms with van der Waals surface area (Å²) in [5.41, 5.74) is 0. The molecule has 1 aromatic rings. The summed E-state index contributed by atoms with van der Waals surface area (Å²) in [6.07, 6.45) is 6.10. The Kier molecular flexibility index (Phi) is 3.12. The smallest absolute Gasteiger partial charge is 0.129 e. The van der Waals surface area contributed by atoms with Crippen LogP contribution >= 0.6 is 23.4 Å². The van der Waals surface area contributed by atoms with Crippen LogP contribution in [0.3, 0.4) is 0 Å². The minimum absolute atomic E-state index is 0.577. The van der Waals surface area contributed by atoms with Gasteiger partial charge in [-0.2, -0.15) is 0 Å². The Bertz CT molecular complexity index is 269. The quantitative estimate of drug-likeness (QED) is 0.562. The van der Waals surface area contributed by atoms with Crippen molar-refractivity contribution in [3.05, 3.63) is 23.5 Å². The summed E-state index contributed by atoms with van der Waals surface area (Å²) in [4.78, 5) is 5.28. The summed E-state index contributed by atoms with van der Waals surface area (Å²) in [6, 6.07) is 3.89. The molecule has 0 unspecified atom stereocenters. The lowest BCUT2D eigenvalue weighted by molar-refractivity contribution is 0.353. The Labute approximate surface area is 87.9 Å². The largest absolute Gasteiger partial charge is 0.243 e. The van der Waals surface area contributed by atoms with Gasteiger partial charge in [0, 0.05) is 16.8 Å². The normalized spacial score (nSPS) is 17.0. The molecule has 1 heterocycles. The number of thioether (sulfide) groups is 1. The molecule has 0 spiro atoms. The lowest BCUT2D eigenvalue weighted by Gasteiger charge is -2.24. The predicted molar refractivity (Wildman–Crippen MR) is 57.3 cm³/mol. The van der Waals surface area contributed by atoms with Crippen molar-refractivity contribution in [2.75, 3.05) is 5.75 Å². The van der Waals surface area contributed by atoms with Crippen molar-refractivity contribution >= 4 is 23.4 Å². The molecule has 2 rings (SSSR count). The molecule has 3 heteroatoms. The number of rotatable bonds is 3. The molecule has 0 radical (unpaired) electrons. The van der Waals surface area contributed by atoms with Gasteiger partial charge in [0.05, 0.1) is 0 Å². The van der Waals surface area contributed by atoms with Gasteiger partial charge in [0.2, 0.25) is 0 Å². The Morgan fingerprint density at radius 3 is 2.85 bits per heavy atom. The summed E-state index contributed by atoms with van der Waals surface area (Å²) >= 11 is 7.58.